The van der Waals surface area contributed by atoms with E-state index in [2.05, 4.69) is 5.32 Å². The molecule has 0 heterocycles. The molecule has 8 heteroatoms. The molecule has 0 spiro atoms. The van der Waals surface area contributed by atoms with Gasteiger partial charge in [-0.15, -0.1) is 0 Å². The zero-order valence-corrected chi connectivity index (χ0v) is 15.5. The minimum absolute atomic E-state index is 0.136. The highest BCUT2D eigenvalue weighted by Gasteiger charge is 2.11. The van der Waals surface area contributed by atoms with Crippen molar-refractivity contribution in [1.82, 2.24) is 0 Å². The quantitative estimate of drug-likeness (QED) is 0.409. The van der Waals surface area contributed by atoms with Gasteiger partial charge in [0.15, 0.2) is 0 Å². The maximum Gasteiger partial charge on any atom is 0.338 e. The molecular formula is C21H17N2O6-. The second kappa shape index (κ2) is 10.3. The second-order valence-corrected chi connectivity index (χ2v) is 5.65. The number of carbonyl (C=O) groups is 3. The normalized spacial score (nSPS) is 10.6. The average Bonchev–Trinajstić information content (AvgIpc) is 2.72. The highest BCUT2D eigenvalue weighted by Crippen LogP contribution is 2.16. The van der Waals surface area contributed by atoms with E-state index in [0.29, 0.717) is 22.6 Å². The number of aliphatic carboxylic acids is 1. The monoisotopic (exact) mass is 393 g/mol. The molecule has 29 heavy (non-hydrogen) atoms. The maximum atomic E-state index is 12.3. The van der Waals surface area contributed by atoms with E-state index in [1.54, 1.807) is 19.1 Å². The van der Waals surface area contributed by atoms with Crippen LogP contribution in [0.5, 0.6) is 5.75 Å². The molecule has 0 aliphatic heterocycles. The third-order valence-electron chi connectivity index (χ3n) is 3.57. The Bertz CT molecular complexity index is 956. The molecule has 8 nitrogen and oxygen atoms in total. The number of anilines is 1. The van der Waals surface area contributed by atoms with Gasteiger partial charge < -0.3 is 24.7 Å². The van der Waals surface area contributed by atoms with Crippen molar-refractivity contribution >= 4 is 29.6 Å². The number of hydrogen-bond acceptors (Lipinski definition) is 7. The van der Waals surface area contributed by atoms with Gasteiger partial charge in [0.2, 0.25) is 0 Å². The molecule has 0 aromatic heterocycles. The number of esters is 1. The Labute approximate surface area is 167 Å². The molecule has 0 aliphatic carbocycles. The summed E-state index contributed by atoms with van der Waals surface area (Å²) in [5.41, 5.74) is 1.18. The van der Waals surface area contributed by atoms with Crippen molar-refractivity contribution in [3.8, 4) is 11.8 Å². The number of amides is 1. The Morgan fingerprint density at radius 3 is 2.31 bits per heavy atom. The molecule has 0 unspecified atom stereocenters. The summed E-state index contributed by atoms with van der Waals surface area (Å²) in [6.07, 6.45) is 1.38. The van der Waals surface area contributed by atoms with E-state index in [4.69, 9.17) is 9.47 Å². The lowest BCUT2D eigenvalue weighted by molar-refractivity contribution is -0.307. The first kappa shape index (κ1) is 21.2. The predicted octanol–water partition coefficient (Wildman–Crippen LogP) is 1.54. The molecule has 148 valence electrons. The van der Waals surface area contributed by atoms with Crippen molar-refractivity contribution in [1.29, 1.82) is 5.26 Å². The number of carboxylic acids is 1. The van der Waals surface area contributed by atoms with Gasteiger partial charge in [0.25, 0.3) is 5.91 Å². The van der Waals surface area contributed by atoms with Crippen LogP contribution in [0.3, 0.4) is 0 Å². The van der Waals surface area contributed by atoms with Crippen LogP contribution in [-0.2, 0) is 14.3 Å². The molecule has 2 aromatic carbocycles. The van der Waals surface area contributed by atoms with Crippen LogP contribution >= 0.6 is 0 Å². The topological polar surface area (TPSA) is 129 Å². The Kier molecular flexibility index (Phi) is 7.51. The highest BCUT2D eigenvalue weighted by atomic mass is 16.5. The summed E-state index contributed by atoms with van der Waals surface area (Å²) in [6.45, 7) is 1.39. The van der Waals surface area contributed by atoms with E-state index in [1.807, 2.05) is 6.07 Å². The lowest BCUT2D eigenvalue weighted by Gasteiger charge is -2.07. The molecule has 0 bridgehead atoms. The molecule has 1 amide bonds. The fourth-order valence-electron chi connectivity index (χ4n) is 2.22. The van der Waals surface area contributed by atoms with Crippen LogP contribution in [0, 0.1) is 11.3 Å². The van der Waals surface area contributed by atoms with Gasteiger partial charge in [0.1, 0.15) is 24.0 Å². The molecule has 0 saturated heterocycles. The molecule has 1 N–H and O–H groups in total. The van der Waals surface area contributed by atoms with E-state index in [-0.39, 0.29) is 12.2 Å². The summed E-state index contributed by atoms with van der Waals surface area (Å²) in [7, 11) is 0. The van der Waals surface area contributed by atoms with Gasteiger partial charge in [0, 0.05) is 5.69 Å². The zero-order chi connectivity index (χ0) is 21.2. The van der Waals surface area contributed by atoms with Crippen molar-refractivity contribution in [2.75, 3.05) is 18.5 Å². The molecular weight excluding hydrogens is 376 g/mol. The zero-order valence-electron chi connectivity index (χ0n) is 15.5. The number of hydrogen-bond donors (Lipinski definition) is 1. The standard InChI is InChI=1S/C21H18N2O6/c1-2-28-21(27)15-5-7-17(8-6-15)23-20(26)16(12-22)11-14-3-9-18(10-4-14)29-13-19(24)25/h3-11H,2,13H2,1H3,(H,23,26)(H,24,25)/p-1/b16-11+. The summed E-state index contributed by atoms with van der Waals surface area (Å²) < 4.78 is 9.85. The highest BCUT2D eigenvalue weighted by molar-refractivity contribution is 6.09. The number of ether oxygens (including phenoxy) is 2. The van der Waals surface area contributed by atoms with Gasteiger partial charge >= 0.3 is 5.97 Å². The minimum Gasteiger partial charge on any atom is -0.546 e. The van der Waals surface area contributed by atoms with Crippen LogP contribution in [0.25, 0.3) is 6.08 Å². The molecule has 0 atom stereocenters. The third-order valence-corrected chi connectivity index (χ3v) is 3.57. The van der Waals surface area contributed by atoms with Crippen LogP contribution in [0.1, 0.15) is 22.8 Å². The number of rotatable bonds is 8. The lowest BCUT2D eigenvalue weighted by Crippen LogP contribution is -2.28. The first-order valence-corrected chi connectivity index (χ1v) is 8.56. The van der Waals surface area contributed by atoms with E-state index in [0.717, 1.165) is 0 Å². The molecule has 0 saturated carbocycles. The van der Waals surface area contributed by atoms with Crippen LogP contribution in [-0.4, -0.2) is 31.1 Å². The number of nitriles is 1. The van der Waals surface area contributed by atoms with Crippen molar-refractivity contribution < 1.29 is 29.0 Å². The number of nitrogens with zero attached hydrogens (tertiary/aromatic N) is 1. The first-order chi connectivity index (χ1) is 13.9. The van der Waals surface area contributed by atoms with Crippen molar-refractivity contribution in [3.05, 3.63) is 65.2 Å². The number of nitrogens with one attached hydrogen (secondary N) is 1. The summed E-state index contributed by atoms with van der Waals surface area (Å²) >= 11 is 0. The van der Waals surface area contributed by atoms with Gasteiger partial charge in [-0.05, 0) is 55.0 Å². The van der Waals surface area contributed by atoms with E-state index < -0.39 is 24.5 Å². The Balaban J connectivity index is 2.05. The molecule has 0 fully saturated rings. The molecule has 0 aliphatic rings. The number of carbonyl (C=O) groups excluding carboxylic acids is 3. The fourth-order valence-corrected chi connectivity index (χ4v) is 2.22. The Hall–Kier alpha value is -4.12. The fraction of sp³-hybridized carbons (Fsp3) is 0.143. The van der Waals surface area contributed by atoms with Gasteiger partial charge in [-0.3, -0.25) is 4.79 Å². The predicted molar refractivity (Wildman–Crippen MR) is 102 cm³/mol. The van der Waals surface area contributed by atoms with Gasteiger partial charge in [-0.25, -0.2) is 4.79 Å². The van der Waals surface area contributed by atoms with Crippen LogP contribution < -0.4 is 15.2 Å². The maximum absolute atomic E-state index is 12.3. The Morgan fingerprint density at radius 1 is 1.10 bits per heavy atom. The summed E-state index contributed by atoms with van der Waals surface area (Å²) in [6, 6.07) is 14.1. The first-order valence-electron chi connectivity index (χ1n) is 8.56. The third kappa shape index (κ3) is 6.52. The smallest absolute Gasteiger partial charge is 0.338 e. The number of benzene rings is 2. The average molecular weight is 393 g/mol. The number of carboxylic acid groups (broad SMARTS) is 1. The van der Waals surface area contributed by atoms with E-state index in [1.165, 1.54) is 42.5 Å². The van der Waals surface area contributed by atoms with Gasteiger partial charge in [-0.2, -0.15) is 5.26 Å². The van der Waals surface area contributed by atoms with Gasteiger partial charge in [-0.1, -0.05) is 12.1 Å². The SMILES string of the molecule is CCOC(=O)c1ccc(NC(=O)/C(C#N)=C/c2ccc(OCC(=O)[O-])cc2)cc1. The summed E-state index contributed by atoms with van der Waals surface area (Å²) in [4.78, 5) is 34.3. The summed E-state index contributed by atoms with van der Waals surface area (Å²) in [5.74, 6) is -2.10. The second-order valence-electron chi connectivity index (χ2n) is 5.65. The molecule has 2 rings (SSSR count). The van der Waals surface area contributed by atoms with Crippen molar-refractivity contribution in [2.45, 2.75) is 6.92 Å². The molecule has 2 aromatic rings. The van der Waals surface area contributed by atoms with E-state index >= 15 is 0 Å². The van der Waals surface area contributed by atoms with Crippen LogP contribution in [0.4, 0.5) is 5.69 Å². The van der Waals surface area contributed by atoms with Crippen LogP contribution in [0.15, 0.2) is 54.1 Å². The van der Waals surface area contributed by atoms with Crippen LogP contribution in [0.2, 0.25) is 0 Å². The Morgan fingerprint density at radius 2 is 1.76 bits per heavy atom. The van der Waals surface area contributed by atoms with Crippen molar-refractivity contribution in [3.63, 3.8) is 0 Å². The largest absolute Gasteiger partial charge is 0.546 e. The molecule has 0 radical (unpaired) electrons. The summed E-state index contributed by atoms with van der Waals surface area (Å²) in [5, 5.41) is 22.2. The lowest BCUT2D eigenvalue weighted by atomic mass is 10.1. The van der Waals surface area contributed by atoms with E-state index in [9.17, 15) is 24.8 Å². The minimum atomic E-state index is -1.34. The van der Waals surface area contributed by atoms with Crippen molar-refractivity contribution in [2.24, 2.45) is 0 Å². The van der Waals surface area contributed by atoms with Gasteiger partial charge in [0.05, 0.1) is 18.1 Å².